The van der Waals surface area contributed by atoms with Crippen molar-refractivity contribution in [2.45, 2.75) is 79.8 Å². The minimum absolute atomic E-state index is 0.0185. The Labute approximate surface area is 230 Å². The van der Waals surface area contributed by atoms with Crippen LogP contribution in [0.5, 0.6) is 0 Å². The van der Waals surface area contributed by atoms with E-state index in [2.05, 4.69) is 20.0 Å². The van der Waals surface area contributed by atoms with E-state index in [0.717, 1.165) is 33.8 Å². The van der Waals surface area contributed by atoms with Gasteiger partial charge < -0.3 is 19.8 Å². The van der Waals surface area contributed by atoms with Crippen LogP contribution in [-0.2, 0) is 9.59 Å². The molecule has 0 saturated carbocycles. The number of aromatic nitrogens is 2. The topological polar surface area (TPSA) is 109 Å². The first kappa shape index (κ1) is 31.2. The molecule has 0 bridgehead atoms. The highest BCUT2D eigenvalue weighted by Crippen LogP contribution is 2.29. The predicted molar refractivity (Wildman–Crippen MR) is 152 cm³/mol. The zero-order valence-corrected chi connectivity index (χ0v) is 24.5. The largest absolute Gasteiger partial charge is 0.394 e. The Bertz CT molecular complexity index is 1120. The van der Waals surface area contributed by atoms with Gasteiger partial charge in [0, 0.05) is 19.0 Å². The number of hydrogen-bond acceptors (Lipinski definition) is 7. The Morgan fingerprint density at radius 1 is 1.18 bits per heavy atom. The van der Waals surface area contributed by atoms with E-state index < -0.39 is 12.1 Å². The van der Waals surface area contributed by atoms with Crippen LogP contribution in [-0.4, -0.2) is 51.2 Å². The van der Waals surface area contributed by atoms with Gasteiger partial charge in [-0.3, -0.25) is 9.59 Å². The molecule has 1 fully saturated rings. The molecule has 2 aromatic heterocycles. The molecular weight excluding hydrogens is 500 g/mol. The Morgan fingerprint density at radius 3 is 2.34 bits per heavy atom. The van der Waals surface area contributed by atoms with E-state index in [1.165, 1.54) is 0 Å². The molecule has 1 aliphatic heterocycles. The molecule has 3 aromatic rings. The van der Waals surface area contributed by atoms with Gasteiger partial charge in [0.1, 0.15) is 12.3 Å². The van der Waals surface area contributed by atoms with Gasteiger partial charge in [-0.15, -0.1) is 11.3 Å². The van der Waals surface area contributed by atoms with Gasteiger partial charge in [-0.1, -0.05) is 64.0 Å². The molecule has 2 N–H and O–H groups in total. The van der Waals surface area contributed by atoms with Crippen LogP contribution >= 0.6 is 11.3 Å². The predicted octanol–water partition coefficient (Wildman–Crippen LogP) is 5.70. The third-order valence-electron chi connectivity index (χ3n) is 5.94. The van der Waals surface area contributed by atoms with Crippen LogP contribution in [0.4, 0.5) is 0 Å². The van der Waals surface area contributed by atoms with Gasteiger partial charge in [0.25, 0.3) is 0 Å². The van der Waals surface area contributed by atoms with Crippen molar-refractivity contribution in [2.75, 3.05) is 13.2 Å². The number of nitrogens with one attached hydrogen (secondary N) is 1. The summed E-state index contributed by atoms with van der Waals surface area (Å²) in [5.74, 6) is -0.179. The lowest BCUT2D eigenvalue weighted by Gasteiger charge is -2.28. The fraction of sp³-hybridized carbons (Fsp3) is 0.517. The van der Waals surface area contributed by atoms with Gasteiger partial charge in [0.05, 0.1) is 34.4 Å². The maximum atomic E-state index is 12.9. The highest BCUT2D eigenvalue weighted by molar-refractivity contribution is 7.13. The Balaban J connectivity index is 0.000000548. The van der Waals surface area contributed by atoms with E-state index in [4.69, 9.17) is 0 Å². The normalized spacial score (nSPS) is 15.6. The molecule has 2 unspecified atom stereocenters. The van der Waals surface area contributed by atoms with Crippen molar-refractivity contribution < 1.29 is 19.2 Å². The summed E-state index contributed by atoms with van der Waals surface area (Å²) in [6.07, 6.45) is 3.44. The van der Waals surface area contributed by atoms with E-state index in [1.54, 1.807) is 28.6 Å². The molecule has 2 atom stereocenters. The number of likely N-dealkylation sites (tertiary alicyclic amines) is 1. The molecule has 2 amide bonds. The monoisotopic (exact) mass is 542 g/mol. The first-order valence-corrected chi connectivity index (χ1v) is 14.0. The van der Waals surface area contributed by atoms with Crippen LogP contribution in [0.1, 0.15) is 76.9 Å². The van der Waals surface area contributed by atoms with E-state index in [0.29, 0.717) is 19.4 Å². The number of thiazole rings is 1. The summed E-state index contributed by atoms with van der Waals surface area (Å²) >= 11 is 1.59. The number of rotatable bonds is 6. The highest BCUT2D eigenvalue weighted by atomic mass is 32.1. The molecule has 38 heavy (non-hydrogen) atoms. The summed E-state index contributed by atoms with van der Waals surface area (Å²) in [6.45, 7) is 14.3. The average Bonchev–Trinajstić information content (AvgIpc) is 3.65. The van der Waals surface area contributed by atoms with Crippen molar-refractivity contribution >= 4 is 23.2 Å². The van der Waals surface area contributed by atoms with Crippen molar-refractivity contribution in [3.63, 3.8) is 0 Å². The number of carbonyl (C=O) groups is 2. The van der Waals surface area contributed by atoms with Crippen molar-refractivity contribution in [1.82, 2.24) is 20.4 Å². The summed E-state index contributed by atoms with van der Waals surface area (Å²) in [4.78, 5) is 32.7. The fourth-order valence-corrected chi connectivity index (χ4v) is 4.93. The van der Waals surface area contributed by atoms with Crippen molar-refractivity contribution in [3.8, 4) is 10.4 Å². The standard InChI is InChI=1S/C23H31N3O3S.C4H5NO.C2H6/c1-15-21(30-14-24-15)17-9-7-16(8-10-17)18(13-27)25-22(29)19-6-5-11-26(19)20(28)12-23(2,3)4;1-4-2-3-6-5-4;1-2/h7-10,14,18-19,27H,5-6,11-13H2,1-4H3,(H,25,29);2-3H,1H3;1-2H3. The van der Waals surface area contributed by atoms with Crippen molar-refractivity contribution in [1.29, 1.82) is 0 Å². The minimum atomic E-state index is -0.505. The third-order valence-corrected chi connectivity index (χ3v) is 6.92. The number of carbonyl (C=O) groups excluding carboxylic acids is 2. The zero-order valence-electron chi connectivity index (χ0n) is 23.7. The molecule has 9 heteroatoms. The first-order chi connectivity index (χ1) is 18.1. The highest BCUT2D eigenvalue weighted by Gasteiger charge is 2.36. The van der Waals surface area contributed by atoms with E-state index in [9.17, 15) is 14.7 Å². The van der Waals surface area contributed by atoms with Crippen LogP contribution in [0, 0.1) is 19.3 Å². The second-order valence-corrected chi connectivity index (χ2v) is 11.1. The molecule has 8 nitrogen and oxygen atoms in total. The number of nitrogens with zero attached hydrogens (tertiary/aromatic N) is 3. The molecule has 1 aromatic carbocycles. The lowest BCUT2D eigenvalue weighted by atomic mass is 9.91. The Morgan fingerprint density at radius 2 is 1.87 bits per heavy atom. The van der Waals surface area contributed by atoms with Gasteiger partial charge in [0.15, 0.2) is 0 Å². The van der Waals surface area contributed by atoms with E-state index in [1.807, 2.05) is 78.2 Å². The molecule has 0 aliphatic carbocycles. The van der Waals surface area contributed by atoms with Crippen LogP contribution in [0.2, 0.25) is 0 Å². The van der Waals surface area contributed by atoms with Gasteiger partial charge in [-0.25, -0.2) is 4.98 Å². The van der Waals surface area contributed by atoms with E-state index in [-0.39, 0.29) is 23.8 Å². The zero-order chi connectivity index (χ0) is 28.3. The van der Waals surface area contributed by atoms with E-state index >= 15 is 0 Å². The Hall–Kier alpha value is -3.04. The first-order valence-electron chi connectivity index (χ1n) is 13.2. The molecule has 0 spiro atoms. The lowest BCUT2D eigenvalue weighted by molar-refractivity contribution is -0.140. The summed E-state index contributed by atoms with van der Waals surface area (Å²) in [5, 5.41) is 16.4. The molecule has 208 valence electrons. The lowest BCUT2D eigenvalue weighted by Crippen LogP contribution is -2.48. The molecule has 1 aliphatic rings. The van der Waals surface area contributed by atoms with Gasteiger partial charge in [-0.2, -0.15) is 0 Å². The fourth-order valence-electron chi connectivity index (χ4n) is 4.11. The second kappa shape index (κ2) is 14.8. The van der Waals surface area contributed by atoms with Gasteiger partial charge >= 0.3 is 0 Å². The maximum absolute atomic E-state index is 12.9. The quantitative estimate of drug-likeness (QED) is 0.413. The average molecular weight is 543 g/mol. The molecular formula is C29H42N4O4S. The molecule has 3 heterocycles. The summed E-state index contributed by atoms with van der Waals surface area (Å²) in [5.41, 5.74) is 5.52. The molecule has 4 rings (SSSR count). The molecule has 0 radical (unpaired) electrons. The van der Waals surface area contributed by atoms with Crippen molar-refractivity contribution in [2.24, 2.45) is 5.41 Å². The summed E-state index contributed by atoms with van der Waals surface area (Å²) in [7, 11) is 0. The maximum Gasteiger partial charge on any atom is 0.243 e. The minimum Gasteiger partial charge on any atom is -0.394 e. The van der Waals surface area contributed by atoms with Crippen LogP contribution in [0.25, 0.3) is 10.4 Å². The number of aliphatic hydroxyl groups excluding tert-OH is 1. The van der Waals surface area contributed by atoms with Crippen LogP contribution < -0.4 is 5.32 Å². The smallest absolute Gasteiger partial charge is 0.243 e. The number of benzene rings is 1. The summed E-state index contributed by atoms with van der Waals surface area (Å²) in [6, 6.07) is 8.65. The van der Waals surface area contributed by atoms with Gasteiger partial charge in [0.2, 0.25) is 11.8 Å². The number of amides is 2. The summed E-state index contributed by atoms with van der Waals surface area (Å²) < 4.78 is 4.46. The van der Waals surface area contributed by atoms with Crippen molar-refractivity contribution in [3.05, 3.63) is 59.1 Å². The van der Waals surface area contributed by atoms with Gasteiger partial charge in [-0.05, 0) is 43.2 Å². The number of aliphatic hydroxyl groups is 1. The van der Waals surface area contributed by atoms with Crippen LogP contribution in [0.3, 0.4) is 0 Å². The second-order valence-electron chi connectivity index (χ2n) is 10.3. The SMILES string of the molecule is CC.Cc1ccon1.Cc1ncsc1-c1ccc(C(CO)NC(=O)C2CCCN2C(=O)CC(C)(C)C)cc1. The number of hydrogen-bond donors (Lipinski definition) is 2. The van der Waals surface area contributed by atoms with Crippen LogP contribution in [0.15, 0.2) is 46.6 Å². The Kier molecular flexibility index (Phi) is 12.1. The number of aryl methyl sites for hydroxylation is 2. The third kappa shape index (κ3) is 9.06. The molecule has 1 saturated heterocycles.